The summed E-state index contributed by atoms with van der Waals surface area (Å²) in [5, 5.41) is 0. The maximum atomic E-state index is 13.5. The number of pyridine rings is 1. The van der Waals surface area contributed by atoms with Crippen LogP contribution >= 0.6 is 12.2 Å². The lowest BCUT2D eigenvalue weighted by atomic mass is 10.2. The molecule has 6 heteroatoms. The molecule has 1 aromatic carbocycles. The highest BCUT2D eigenvalue weighted by Gasteiger charge is 2.11. The van der Waals surface area contributed by atoms with E-state index in [9.17, 15) is 4.39 Å². The number of H-pyrrole nitrogens is 1. The molecule has 0 fully saturated rings. The number of fused-ring (bicyclic) bond motifs is 1. The lowest BCUT2D eigenvalue weighted by Gasteiger charge is -2.07. The van der Waals surface area contributed by atoms with E-state index >= 15 is 0 Å². The number of benzene rings is 1. The standard InChI is InChI=1S/C14H12FN3OS/c1-8-5-6-16-13-12(8)17-14(20)18(13)9-3-4-10(15)11(7-9)19-2/h3-7H,1-2H3,(H,17,20). The predicted octanol–water partition coefficient (Wildman–Crippen LogP) is 3.54. The summed E-state index contributed by atoms with van der Waals surface area (Å²) in [6, 6.07) is 6.50. The first kappa shape index (κ1) is 12.8. The number of aryl methyl sites for hydroxylation is 1. The minimum Gasteiger partial charge on any atom is -0.494 e. The van der Waals surface area contributed by atoms with Crippen molar-refractivity contribution in [2.75, 3.05) is 7.11 Å². The number of ether oxygens (including phenoxy) is 1. The van der Waals surface area contributed by atoms with Crippen molar-refractivity contribution in [3.05, 3.63) is 46.6 Å². The molecule has 0 aliphatic heterocycles. The van der Waals surface area contributed by atoms with Crippen LogP contribution in [0.5, 0.6) is 5.75 Å². The second-order valence-electron chi connectivity index (χ2n) is 4.41. The van der Waals surface area contributed by atoms with Crippen molar-refractivity contribution < 1.29 is 9.13 Å². The van der Waals surface area contributed by atoms with Crippen LogP contribution in [0.25, 0.3) is 16.9 Å². The van der Waals surface area contributed by atoms with Gasteiger partial charge in [-0.15, -0.1) is 0 Å². The smallest absolute Gasteiger partial charge is 0.184 e. The molecule has 0 aliphatic rings. The van der Waals surface area contributed by atoms with Gasteiger partial charge in [0.2, 0.25) is 0 Å². The fourth-order valence-corrected chi connectivity index (χ4v) is 2.45. The highest BCUT2D eigenvalue weighted by molar-refractivity contribution is 7.71. The molecule has 0 spiro atoms. The zero-order chi connectivity index (χ0) is 14.3. The maximum Gasteiger partial charge on any atom is 0.184 e. The molecule has 0 amide bonds. The van der Waals surface area contributed by atoms with Crippen molar-refractivity contribution in [2.45, 2.75) is 6.92 Å². The van der Waals surface area contributed by atoms with Crippen LogP contribution in [0.15, 0.2) is 30.5 Å². The number of hydrogen-bond acceptors (Lipinski definition) is 3. The first-order valence-electron chi connectivity index (χ1n) is 6.02. The van der Waals surface area contributed by atoms with Gasteiger partial charge in [0.15, 0.2) is 22.0 Å². The molecule has 2 aromatic heterocycles. The van der Waals surface area contributed by atoms with Crippen molar-refractivity contribution in [3.63, 3.8) is 0 Å². The number of imidazole rings is 1. The molecule has 1 N–H and O–H groups in total. The third-order valence-corrected chi connectivity index (χ3v) is 3.46. The van der Waals surface area contributed by atoms with Gasteiger partial charge in [-0.3, -0.25) is 4.57 Å². The highest BCUT2D eigenvalue weighted by atomic mass is 32.1. The first-order valence-corrected chi connectivity index (χ1v) is 6.43. The van der Waals surface area contributed by atoms with Gasteiger partial charge in [-0.25, -0.2) is 9.37 Å². The number of halogens is 1. The molecule has 4 nitrogen and oxygen atoms in total. The average Bonchev–Trinajstić information content (AvgIpc) is 2.77. The van der Waals surface area contributed by atoms with Gasteiger partial charge in [0.05, 0.1) is 18.3 Å². The molecular formula is C14H12FN3OS. The number of methoxy groups -OCH3 is 1. The molecule has 2 heterocycles. The molecule has 0 saturated carbocycles. The minimum atomic E-state index is -0.410. The number of nitrogens with one attached hydrogen (secondary N) is 1. The van der Waals surface area contributed by atoms with Gasteiger partial charge in [-0.1, -0.05) is 0 Å². The van der Waals surface area contributed by atoms with Crippen molar-refractivity contribution in [1.29, 1.82) is 0 Å². The van der Waals surface area contributed by atoms with Gasteiger partial charge in [-0.2, -0.15) is 0 Å². The van der Waals surface area contributed by atoms with E-state index in [1.54, 1.807) is 22.9 Å². The lowest BCUT2D eigenvalue weighted by Crippen LogP contribution is -1.98. The molecule has 0 radical (unpaired) electrons. The normalized spacial score (nSPS) is 10.9. The molecule has 0 saturated heterocycles. The Morgan fingerprint density at radius 3 is 2.90 bits per heavy atom. The fraction of sp³-hybridized carbons (Fsp3) is 0.143. The summed E-state index contributed by atoms with van der Waals surface area (Å²) in [5.41, 5.74) is 3.34. The number of nitrogens with zero attached hydrogens (tertiary/aromatic N) is 2. The molecular weight excluding hydrogens is 277 g/mol. The van der Waals surface area contributed by atoms with E-state index < -0.39 is 5.82 Å². The number of aromatic amines is 1. The van der Waals surface area contributed by atoms with E-state index in [0.29, 0.717) is 16.1 Å². The highest BCUT2D eigenvalue weighted by Crippen LogP contribution is 2.24. The Morgan fingerprint density at radius 1 is 1.35 bits per heavy atom. The zero-order valence-corrected chi connectivity index (χ0v) is 11.8. The molecule has 20 heavy (non-hydrogen) atoms. The minimum absolute atomic E-state index is 0.173. The molecule has 0 bridgehead atoms. The molecule has 3 aromatic rings. The van der Waals surface area contributed by atoms with E-state index in [4.69, 9.17) is 17.0 Å². The van der Waals surface area contributed by atoms with E-state index in [2.05, 4.69) is 9.97 Å². The summed E-state index contributed by atoms with van der Waals surface area (Å²) in [5.74, 6) is -0.238. The first-order chi connectivity index (χ1) is 9.61. The van der Waals surface area contributed by atoms with Crippen LogP contribution in [0.1, 0.15) is 5.56 Å². The number of aromatic nitrogens is 3. The number of rotatable bonds is 2. The quantitative estimate of drug-likeness (QED) is 0.734. The van der Waals surface area contributed by atoms with E-state index in [1.165, 1.54) is 13.2 Å². The number of hydrogen-bond donors (Lipinski definition) is 1. The van der Waals surface area contributed by atoms with Crippen LogP contribution in [0.4, 0.5) is 4.39 Å². The van der Waals surface area contributed by atoms with Crippen molar-refractivity contribution in [1.82, 2.24) is 14.5 Å². The molecule has 0 atom stereocenters. The average molecular weight is 289 g/mol. The summed E-state index contributed by atoms with van der Waals surface area (Å²) in [6.07, 6.45) is 1.72. The van der Waals surface area contributed by atoms with Gasteiger partial charge in [0, 0.05) is 12.3 Å². The lowest BCUT2D eigenvalue weighted by molar-refractivity contribution is 0.386. The summed E-state index contributed by atoms with van der Waals surface area (Å²) in [4.78, 5) is 7.47. The Kier molecular flexibility index (Phi) is 3.02. The summed E-state index contributed by atoms with van der Waals surface area (Å²) in [6.45, 7) is 1.98. The Balaban J connectivity index is 2.32. The molecule has 0 aliphatic carbocycles. The third-order valence-electron chi connectivity index (χ3n) is 3.18. The summed E-state index contributed by atoms with van der Waals surface area (Å²) in [7, 11) is 1.43. The van der Waals surface area contributed by atoms with Gasteiger partial charge in [-0.05, 0) is 42.9 Å². The van der Waals surface area contributed by atoms with Crippen LogP contribution in [-0.2, 0) is 0 Å². The Morgan fingerprint density at radius 2 is 2.15 bits per heavy atom. The van der Waals surface area contributed by atoms with Crippen LogP contribution in [0, 0.1) is 17.5 Å². The second kappa shape index (κ2) is 4.72. The molecule has 102 valence electrons. The summed E-state index contributed by atoms with van der Waals surface area (Å²) < 4.78 is 20.8. The maximum absolute atomic E-state index is 13.5. The topological polar surface area (TPSA) is 42.8 Å². The van der Waals surface area contributed by atoms with Gasteiger partial charge >= 0.3 is 0 Å². The molecule has 0 unspecified atom stereocenters. The fourth-order valence-electron chi connectivity index (χ4n) is 2.15. The van der Waals surface area contributed by atoms with E-state index in [0.717, 1.165) is 11.1 Å². The third kappa shape index (κ3) is 1.89. The molecule has 3 rings (SSSR count). The van der Waals surface area contributed by atoms with Gasteiger partial charge < -0.3 is 9.72 Å². The Bertz CT molecular complexity index is 853. The largest absolute Gasteiger partial charge is 0.494 e. The van der Waals surface area contributed by atoms with Crippen molar-refractivity contribution >= 4 is 23.4 Å². The van der Waals surface area contributed by atoms with Gasteiger partial charge in [0.1, 0.15) is 0 Å². The van der Waals surface area contributed by atoms with Gasteiger partial charge in [0.25, 0.3) is 0 Å². The Labute approximate surface area is 119 Å². The van der Waals surface area contributed by atoms with Crippen LogP contribution < -0.4 is 4.74 Å². The zero-order valence-electron chi connectivity index (χ0n) is 11.0. The predicted molar refractivity (Wildman–Crippen MR) is 77.5 cm³/mol. The van der Waals surface area contributed by atoms with Crippen LogP contribution in [0.2, 0.25) is 0 Å². The van der Waals surface area contributed by atoms with Crippen molar-refractivity contribution in [3.8, 4) is 11.4 Å². The van der Waals surface area contributed by atoms with E-state index in [1.807, 2.05) is 13.0 Å². The second-order valence-corrected chi connectivity index (χ2v) is 4.80. The van der Waals surface area contributed by atoms with Crippen LogP contribution in [-0.4, -0.2) is 21.6 Å². The summed E-state index contributed by atoms with van der Waals surface area (Å²) >= 11 is 5.34. The Hall–Kier alpha value is -2.21. The SMILES string of the molecule is COc1cc(-n2c(=S)[nH]c3c(C)ccnc32)ccc1F. The monoisotopic (exact) mass is 289 g/mol. The van der Waals surface area contributed by atoms with Crippen LogP contribution in [0.3, 0.4) is 0 Å². The van der Waals surface area contributed by atoms with Crippen molar-refractivity contribution in [2.24, 2.45) is 0 Å². The van der Waals surface area contributed by atoms with E-state index in [-0.39, 0.29) is 5.75 Å².